The molecule has 2 heterocycles. The van der Waals surface area contributed by atoms with Crippen molar-refractivity contribution < 1.29 is 14.0 Å². The third-order valence-electron chi connectivity index (χ3n) is 3.34. The van der Waals surface area contributed by atoms with Crippen LogP contribution in [0.1, 0.15) is 12.2 Å². The molecule has 1 aromatic heterocycles. The van der Waals surface area contributed by atoms with Crippen LogP contribution in [-0.2, 0) is 16.1 Å². The molecule has 2 aromatic rings. The molecule has 0 fully saturated rings. The fraction of sp³-hybridized carbons (Fsp3) is 0.286. The lowest BCUT2D eigenvalue weighted by Crippen LogP contribution is -2.36. The molecule has 0 bridgehead atoms. The highest BCUT2D eigenvalue weighted by molar-refractivity contribution is 5.98. The van der Waals surface area contributed by atoms with Crippen LogP contribution in [0.25, 0.3) is 0 Å². The van der Waals surface area contributed by atoms with Gasteiger partial charge in [-0.25, -0.2) is 9.07 Å². The van der Waals surface area contributed by atoms with Crippen LogP contribution in [0.3, 0.4) is 0 Å². The van der Waals surface area contributed by atoms with Gasteiger partial charge >= 0.3 is 0 Å². The minimum atomic E-state index is -0.519. The Morgan fingerprint density at radius 3 is 2.91 bits per heavy atom. The second-order valence-electron chi connectivity index (χ2n) is 5.11. The summed E-state index contributed by atoms with van der Waals surface area (Å²) in [5, 5.41) is 9.42. The summed E-state index contributed by atoms with van der Waals surface area (Å²) in [5.74, 6) is -0.501. The molecule has 7 nitrogen and oxygen atoms in total. The highest BCUT2D eigenvalue weighted by Crippen LogP contribution is 2.20. The topological polar surface area (TPSA) is 88.9 Å². The second-order valence-corrected chi connectivity index (χ2v) is 5.11. The molecule has 0 aliphatic carbocycles. The Kier molecular flexibility index (Phi) is 3.58. The largest absolute Gasteiger partial charge is 0.326 e. The van der Waals surface area contributed by atoms with Crippen molar-refractivity contribution in [2.45, 2.75) is 19.9 Å². The predicted molar refractivity (Wildman–Crippen MR) is 76.5 cm³/mol. The summed E-state index contributed by atoms with van der Waals surface area (Å²) in [6.07, 6.45) is 0.0154. The molecule has 0 unspecified atom stereocenters. The number of amides is 2. The first-order chi connectivity index (χ1) is 10.5. The van der Waals surface area contributed by atoms with E-state index in [1.807, 2.05) is 0 Å². The molecule has 3 rings (SSSR count). The van der Waals surface area contributed by atoms with Crippen molar-refractivity contribution in [2.75, 3.05) is 10.6 Å². The van der Waals surface area contributed by atoms with Crippen LogP contribution < -0.4 is 10.6 Å². The highest BCUT2D eigenvalue weighted by Gasteiger charge is 2.29. The fourth-order valence-corrected chi connectivity index (χ4v) is 2.31. The molecule has 114 valence electrons. The molecule has 1 aliphatic rings. The lowest BCUT2D eigenvalue weighted by atomic mass is 10.0. The van der Waals surface area contributed by atoms with Gasteiger partial charge in [-0.15, -0.1) is 0 Å². The van der Waals surface area contributed by atoms with E-state index in [1.54, 1.807) is 11.6 Å². The van der Waals surface area contributed by atoms with Crippen LogP contribution in [0.2, 0.25) is 0 Å². The molecule has 0 saturated carbocycles. The van der Waals surface area contributed by atoms with Crippen molar-refractivity contribution in [3.05, 3.63) is 35.9 Å². The van der Waals surface area contributed by atoms with Gasteiger partial charge in [0.05, 0.1) is 12.5 Å². The molecular formula is C14H14FN5O2. The summed E-state index contributed by atoms with van der Waals surface area (Å²) in [4.78, 5) is 28.1. The minimum Gasteiger partial charge on any atom is -0.326 e. The number of anilines is 2. The maximum absolute atomic E-state index is 12.8. The Labute approximate surface area is 125 Å². The van der Waals surface area contributed by atoms with E-state index in [0.29, 0.717) is 24.0 Å². The Morgan fingerprint density at radius 1 is 1.45 bits per heavy atom. The highest BCUT2D eigenvalue weighted by atomic mass is 19.1. The molecular weight excluding hydrogens is 289 g/mol. The summed E-state index contributed by atoms with van der Waals surface area (Å²) in [6.45, 7) is 2.03. The summed E-state index contributed by atoms with van der Waals surface area (Å²) >= 11 is 0. The molecule has 0 spiro atoms. The SMILES string of the molecule is Cc1nc2n(n1)C[C@H](CC(=O)Nc1ccc(F)cc1)C(=O)N2. The molecule has 8 heteroatoms. The number of fused-ring (bicyclic) bond motifs is 1. The van der Waals surface area contributed by atoms with Gasteiger partial charge in [0.1, 0.15) is 11.6 Å². The smallest absolute Gasteiger partial charge is 0.232 e. The number of hydrogen-bond donors (Lipinski definition) is 2. The molecule has 1 aromatic carbocycles. The lowest BCUT2D eigenvalue weighted by molar-refractivity contribution is -0.125. The summed E-state index contributed by atoms with van der Waals surface area (Å²) in [7, 11) is 0. The van der Waals surface area contributed by atoms with Crippen LogP contribution >= 0.6 is 0 Å². The van der Waals surface area contributed by atoms with Crippen molar-refractivity contribution in [2.24, 2.45) is 5.92 Å². The standard InChI is InChI=1S/C14H14FN5O2/c1-8-16-14-18-13(22)9(7-20(14)19-8)6-12(21)17-11-4-2-10(15)3-5-11/h2-5,9H,6-7H2,1H3,(H,17,21)(H,16,18,19,22)/t9-/m0/s1. The van der Waals surface area contributed by atoms with E-state index < -0.39 is 5.92 Å². The minimum absolute atomic E-state index is 0.0154. The average molecular weight is 303 g/mol. The molecule has 0 saturated heterocycles. The maximum Gasteiger partial charge on any atom is 0.232 e. The van der Waals surface area contributed by atoms with E-state index in [0.717, 1.165) is 0 Å². The van der Waals surface area contributed by atoms with Crippen molar-refractivity contribution in [1.82, 2.24) is 14.8 Å². The Balaban J connectivity index is 1.64. The quantitative estimate of drug-likeness (QED) is 0.895. The van der Waals surface area contributed by atoms with Crippen molar-refractivity contribution >= 4 is 23.5 Å². The third-order valence-corrected chi connectivity index (χ3v) is 3.34. The van der Waals surface area contributed by atoms with Crippen LogP contribution in [0, 0.1) is 18.7 Å². The molecule has 1 aliphatic heterocycles. The van der Waals surface area contributed by atoms with Crippen molar-refractivity contribution in [1.29, 1.82) is 0 Å². The van der Waals surface area contributed by atoms with Crippen LogP contribution in [0.15, 0.2) is 24.3 Å². The van der Waals surface area contributed by atoms with Crippen molar-refractivity contribution in [3.8, 4) is 0 Å². The van der Waals surface area contributed by atoms with Gasteiger partial charge in [-0.1, -0.05) is 0 Å². The zero-order valence-electron chi connectivity index (χ0n) is 11.8. The molecule has 22 heavy (non-hydrogen) atoms. The fourth-order valence-electron chi connectivity index (χ4n) is 2.31. The number of aromatic nitrogens is 3. The first kappa shape index (κ1) is 14.2. The number of hydrogen-bond acceptors (Lipinski definition) is 4. The van der Waals surface area contributed by atoms with Gasteiger partial charge in [0.25, 0.3) is 0 Å². The zero-order valence-corrected chi connectivity index (χ0v) is 11.8. The van der Waals surface area contributed by atoms with Crippen LogP contribution in [0.4, 0.5) is 16.0 Å². The molecule has 0 radical (unpaired) electrons. The number of nitrogens with one attached hydrogen (secondary N) is 2. The van der Waals surface area contributed by atoms with Gasteiger partial charge in [0, 0.05) is 12.1 Å². The van der Waals surface area contributed by atoms with E-state index in [1.165, 1.54) is 24.3 Å². The summed E-state index contributed by atoms with van der Waals surface area (Å²) in [5.41, 5.74) is 0.486. The molecule has 1 atom stereocenters. The van der Waals surface area contributed by atoms with Gasteiger partial charge in [0.15, 0.2) is 0 Å². The Hall–Kier alpha value is -2.77. The first-order valence-corrected chi connectivity index (χ1v) is 6.79. The second kappa shape index (κ2) is 5.55. The number of aryl methyl sites for hydroxylation is 1. The third kappa shape index (κ3) is 2.95. The van der Waals surface area contributed by atoms with Gasteiger partial charge in [0.2, 0.25) is 17.8 Å². The number of rotatable bonds is 3. The van der Waals surface area contributed by atoms with E-state index >= 15 is 0 Å². The van der Waals surface area contributed by atoms with Crippen LogP contribution in [0.5, 0.6) is 0 Å². The maximum atomic E-state index is 12.8. The number of benzene rings is 1. The number of carbonyl (C=O) groups excluding carboxylic acids is 2. The van der Waals surface area contributed by atoms with Crippen LogP contribution in [-0.4, -0.2) is 26.6 Å². The van der Waals surface area contributed by atoms with E-state index in [2.05, 4.69) is 20.7 Å². The summed E-state index contributed by atoms with van der Waals surface area (Å²) in [6, 6.07) is 5.45. The monoisotopic (exact) mass is 303 g/mol. The molecule has 2 N–H and O–H groups in total. The lowest BCUT2D eigenvalue weighted by Gasteiger charge is -2.21. The van der Waals surface area contributed by atoms with Gasteiger partial charge in [-0.2, -0.15) is 10.1 Å². The van der Waals surface area contributed by atoms with Gasteiger partial charge in [-0.3, -0.25) is 14.9 Å². The number of nitrogens with zero attached hydrogens (tertiary/aromatic N) is 3. The van der Waals surface area contributed by atoms with E-state index in [4.69, 9.17) is 0 Å². The number of halogens is 1. The predicted octanol–water partition coefficient (Wildman–Crippen LogP) is 1.32. The van der Waals surface area contributed by atoms with E-state index in [-0.39, 0.29) is 24.1 Å². The van der Waals surface area contributed by atoms with E-state index in [9.17, 15) is 14.0 Å². The zero-order chi connectivity index (χ0) is 15.7. The van der Waals surface area contributed by atoms with Gasteiger partial charge in [-0.05, 0) is 31.2 Å². The molecule has 2 amide bonds. The number of carbonyl (C=O) groups is 2. The first-order valence-electron chi connectivity index (χ1n) is 6.79. The Morgan fingerprint density at radius 2 is 2.18 bits per heavy atom. The Bertz CT molecular complexity index is 725. The average Bonchev–Trinajstić information content (AvgIpc) is 2.81. The normalized spacial score (nSPS) is 16.8. The summed E-state index contributed by atoms with van der Waals surface area (Å²) < 4.78 is 14.4. The van der Waals surface area contributed by atoms with Crippen molar-refractivity contribution in [3.63, 3.8) is 0 Å². The van der Waals surface area contributed by atoms with Gasteiger partial charge < -0.3 is 5.32 Å².